The second-order valence-electron chi connectivity index (χ2n) is 4.63. The van der Waals surface area contributed by atoms with Gasteiger partial charge in [0, 0.05) is 23.1 Å². The molecule has 3 atom stereocenters. The van der Waals surface area contributed by atoms with Gasteiger partial charge >= 0.3 is 11.9 Å². The molecule has 0 fully saturated rings. The van der Waals surface area contributed by atoms with Crippen LogP contribution in [0.25, 0.3) is 0 Å². The fourth-order valence-corrected chi connectivity index (χ4v) is 3.23. The Morgan fingerprint density at radius 1 is 1.57 bits per heavy atom. The first kappa shape index (κ1) is 17.3. The second-order valence-corrected chi connectivity index (χ2v) is 5.82. The summed E-state index contributed by atoms with van der Waals surface area (Å²) in [4.78, 5) is 25.8. The van der Waals surface area contributed by atoms with Crippen LogP contribution < -0.4 is 16.0 Å². The van der Waals surface area contributed by atoms with Crippen LogP contribution in [0, 0.1) is 5.92 Å². The van der Waals surface area contributed by atoms with Gasteiger partial charge in [-0.1, -0.05) is 0 Å². The van der Waals surface area contributed by atoms with Crippen LogP contribution in [0.4, 0.5) is 0 Å². The van der Waals surface area contributed by atoms with Gasteiger partial charge in [0.1, 0.15) is 11.6 Å². The molecule has 9 heteroatoms. The fraction of sp³-hybridized carbons (Fsp3) is 0.583. The molecule has 21 heavy (non-hydrogen) atoms. The summed E-state index contributed by atoms with van der Waals surface area (Å²) in [5, 5.41) is 30.6. The lowest BCUT2D eigenvalue weighted by Crippen LogP contribution is -2.71. The number of aliphatic carboxylic acids is 2. The van der Waals surface area contributed by atoms with Crippen molar-refractivity contribution in [1.29, 1.82) is 0 Å². The van der Waals surface area contributed by atoms with Gasteiger partial charge in [0.25, 0.3) is 0 Å². The van der Waals surface area contributed by atoms with Gasteiger partial charge in [-0.05, 0) is 6.92 Å². The number of carboxylic acids is 2. The number of aliphatic hydroxyl groups is 1. The Bertz CT molecular complexity index is 464. The maximum absolute atomic E-state index is 11.2. The van der Waals surface area contributed by atoms with Crippen molar-refractivity contribution in [3.8, 4) is 0 Å². The molecule has 0 radical (unpaired) electrons. The largest absolute Gasteiger partial charge is 0.481 e. The van der Waals surface area contributed by atoms with Crippen LogP contribution >= 0.6 is 11.8 Å². The van der Waals surface area contributed by atoms with Crippen molar-refractivity contribution in [2.24, 2.45) is 11.7 Å². The number of carboxylic acid groups (broad SMARTS) is 2. The van der Waals surface area contributed by atoms with E-state index < -0.39 is 30.0 Å². The van der Waals surface area contributed by atoms with Crippen molar-refractivity contribution in [1.82, 2.24) is 5.32 Å². The van der Waals surface area contributed by atoms with E-state index in [0.717, 1.165) is 0 Å². The van der Waals surface area contributed by atoms with E-state index in [9.17, 15) is 19.8 Å². The van der Waals surface area contributed by atoms with E-state index in [1.165, 1.54) is 25.0 Å². The normalized spacial score (nSPS) is 21.3. The minimum Gasteiger partial charge on any atom is -0.481 e. The molecule has 1 rings (SSSR count). The smallest absolute Gasteiger partial charge is 0.352 e. The molecular weight excluding hydrogens is 298 g/mol. The van der Waals surface area contributed by atoms with Crippen molar-refractivity contribution in [2.75, 3.05) is 12.3 Å². The van der Waals surface area contributed by atoms with Gasteiger partial charge in [0.15, 0.2) is 0 Å². The first-order valence-corrected chi connectivity index (χ1v) is 7.40. The highest BCUT2D eigenvalue weighted by atomic mass is 32.2. The highest BCUT2D eigenvalue weighted by Crippen LogP contribution is 2.33. The molecule has 0 unspecified atom stereocenters. The van der Waals surface area contributed by atoms with Crippen LogP contribution in [0.5, 0.6) is 0 Å². The topological polar surface area (TPSA) is 147 Å². The van der Waals surface area contributed by atoms with Crippen LogP contribution in [0.3, 0.4) is 0 Å². The summed E-state index contributed by atoms with van der Waals surface area (Å²) < 4.78 is 0. The molecule has 0 bridgehead atoms. The maximum atomic E-state index is 11.2. The number of hydrogen-bond acceptors (Lipinski definition) is 5. The minimum absolute atomic E-state index is 0.00799. The molecule has 1 aliphatic rings. The third-order valence-corrected chi connectivity index (χ3v) is 4.23. The SMILES string of the molecule is C[C@@H](O)[C@@H](C(=O)O)[C@H]1CC(SCC[NH+]=CN)=C(C(=O)O)N1. The van der Waals surface area contributed by atoms with Crippen LogP contribution in [0.15, 0.2) is 10.6 Å². The number of nitrogens with one attached hydrogen (secondary N) is 2. The van der Waals surface area contributed by atoms with Gasteiger partial charge in [0.05, 0.1) is 12.6 Å². The number of rotatable bonds is 8. The summed E-state index contributed by atoms with van der Waals surface area (Å²) in [7, 11) is 0. The Balaban J connectivity index is 2.78. The first-order valence-electron chi connectivity index (χ1n) is 6.42. The standard InChI is InChI=1S/C12H19N3O5S/c1-6(16)9(11(17)18)7-4-8(10(15-7)12(19)20)21-3-2-14-5-13/h5-7,9,15-16H,2-4H2,1H3,(H2,13,14)(H,17,18)(H,19,20)/p+1/t6-,7-,9-/m1/s1. The van der Waals surface area contributed by atoms with Crippen molar-refractivity contribution in [2.45, 2.75) is 25.5 Å². The van der Waals surface area contributed by atoms with Crippen LogP contribution in [0.1, 0.15) is 13.3 Å². The van der Waals surface area contributed by atoms with Gasteiger partial charge in [-0.2, -0.15) is 0 Å². The molecule has 0 spiro atoms. The third kappa shape index (κ3) is 4.64. The summed E-state index contributed by atoms with van der Waals surface area (Å²) in [6.07, 6.45) is 0.491. The van der Waals surface area contributed by atoms with Crippen molar-refractivity contribution < 1.29 is 29.9 Å². The Morgan fingerprint density at radius 2 is 2.24 bits per heavy atom. The van der Waals surface area contributed by atoms with Crippen molar-refractivity contribution in [3.63, 3.8) is 0 Å². The van der Waals surface area contributed by atoms with E-state index in [1.54, 1.807) is 0 Å². The van der Waals surface area contributed by atoms with E-state index >= 15 is 0 Å². The Labute approximate surface area is 126 Å². The summed E-state index contributed by atoms with van der Waals surface area (Å²) in [5.74, 6) is -2.75. The highest BCUT2D eigenvalue weighted by molar-refractivity contribution is 8.03. The molecular formula is C12H20N3O5S+. The Morgan fingerprint density at radius 3 is 2.71 bits per heavy atom. The number of nitrogens with two attached hydrogens (primary N) is 1. The summed E-state index contributed by atoms with van der Waals surface area (Å²) in [6.45, 7) is 1.95. The molecule has 1 heterocycles. The maximum Gasteiger partial charge on any atom is 0.352 e. The van der Waals surface area contributed by atoms with Crippen LogP contribution in [-0.2, 0) is 9.59 Å². The van der Waals surface area contributed by atoms with Gasteiger partial charge in [0.2, 0.25) is 6.34 Å². The predicted molar refractivity (Wildman–Crippen MR) is 77.5 cm³/mol. The lowest BCUT2D eigenvalue weighted by atomic mass is 9.93. The third-order valence-electron chi connectivity index (χ3n) is 3.11. The zero-order valence-corrected chi connectivity index (χ0v) is 12.4. The monoisotopic (exact) mass is 318 g/mol. The predicted octanol–water partition coefficient (Wildman–Crippen LogP) is -2.47. The summed E-state index contributed by atoms with van der Waals surface area (Å²) in [6, 6.07) is -0.634. The van der Waals surface area contributed by atoms with E-state index in [4.69, 9.17) is 10.8 Å². The Kier molecular flexibility index (Phi) is 6.50. The molecule has 0 aromatic carbocycles. The molecule has 1 aliphatic heterocycles. The van der Waals surface area contributed by atoms with Gasteiger partial charge in [-0.25, -0.2) is 4.79 Å². The fourth-order valence-electron chi connectivity index (χ4n) is 2.18. The van der Waals surface area contributed by atoms with E-state index in [-0.39, 0.29) is 12.1 Å². The molecule has 0 aromatic heterocycles. The average Bonchev–Trinajstić information content (AvgIpc) is 2.77. The van der Waals surface area contributed by atoms with Crippen LogP contribution in [-0.4, -0.2) is 58.0 Å². The lowest BCUT2D eigenvalue weighted by molar-refractivity contribution is -0.446. The van der Waals surface area contributed by atoms with Crippen molar-refractivity contribution >= 4 is 30.0 Å². The zero-order chi connectivity index (χ0) is 16.0. The molecule has 0 aliphatic carbocycles. The first-order chi connectivity index (χ1) is 9.88. The molecule has 118 valence electrons. The summed E-state index contributed by atoms with van der Waals surface area (Å²) in [5.41, 5.74) is 5.18. The average molecular weight is 318 g/mol. The van der Waals surface area contributed by atoms with E-state index in [1.807, 2.05) is 0 Å². The van der Waals surface area contributed by atoms with E-state index in [2.05, 4.69) is 10.3 Å². The summed E-state index contributed by atoms with van der Waals surface area (Å²) >= 11 is 1.33. The number of thioether (sulfide) groups is 1. The van der Waals surface area contributed by atoms with Gasteiger partial charge in [-0.3, -0.25) is 15.5 Å². The molecule has 0 amide bonds. The number of aliphatic hydroxyl groups excluding tert-OH is 1. The quantitative estimate of drug-likeness (QED) is 0.164. The zero-order valence-electron chi connectivity index (χ0n) is 11.6. The lowest BCUT2D eigenvalue weighted by Gasteiger charge is -2.23. The minimum atomic E-state index is -1.15. The van der Waals surface area contributed by atoms with E-state index in [0.29, 0.717) is 17.2 Å². The number of carbonyl (C=O) groups is 2. The number of hydrogen-bond donors (Lipinski definition) is 6. The molecule has 0 saturated carbocycles. The molecule has 0 saturated heterocycles. The molecule has 0 aromatic rings. The van der Waals surface area contributed by atoms with Gasteiger partial charge in [-0.15, -0.1) is 11.8 Å². The molecule has 8 nitrogen and oxygen atoms in total. The van der Waals surface area contributed by atoms with Crippen LogP contribution in [0.2, 0.25) is 0 Å². The highest BCUT2D eigenvalue weighted by Gasteiger charge is 2.39. The Hall–Kier alpha value is -1.74. The second kappa shape index (κ2) is 7.89. The van der Waals surface area contributed by atoms with Crippen molar-refractivity contribution in [3.05, 3.63) is 10.6 Å². The van der Waals surface area contributed by atoms with Gasteiger partial charge < -0.3 is 20.6 Å². The molecule has 7 N–H and O–H groups in total.